The van der Waals surface area contributed by atoms with Crippen LogP contribution in [-0.4, -0.2) is 6.03 Å². The zero-order valence-electron chi connectivity index (χ0n) is 13.5. The van der Waals surface area contributed by atoms with E-state index in [1.54, 1.807) is 0 Å². The van der Waals surface area contributed by atoms with Crippen molar-refractivity contribution in [1.29, 1.82) is 0 Å². The number of carbonyl (C=O) groups is 1. The summed E-state index contributed by atoms with van der Waals surface area (Å²) in [5.74, 6) is 2.10. The van der Waals surface area contributed by atoms with E-state index >= 15 is 0 Å². The van der Waals surface area contributed by atoms with Gasteiger partial charge in [-0.25, -0.2) is 10.2 Å². The number of carbonyl (C=O) groups excluding carboxylic acids is 1. The number of ether oxygens (including phenoxy) is 1. The normalized spacial score (nSPS) is 11.7. The topological polar surface area (TPSA) is 76.4 Å². The quantitative estimate of drug-likeness (QED) is 0.683. The van der Waals surface area contributed by atoms with Gasteiger partial charge < -0.3 is 10.5 Å². The fourth-order valence-electron chi connectivity index (χ4n) is 2.19. The van der Waals surface area contributed by atoms with E-state index in [1.165, 1.54) is 5.56 Å². The van der Waals surface area contributed by atoms with Gasteiger partial charge in [-0.1, -0.05) is 38.1 Å². The molecule has 2 amide bonds. The first-order valence-electron chi connectivity index (χ1n) is 7.73. The predicted octanol–water partition coefficient (Wildman–Crippen LogP) is 3.67. The molecule has 0 spiro atoms. The van der Waals surface area contributed by atoms with Crippen molar-refractivity contribution in [3.63, 3.8) is 0 Å². The molecule has 5 nitrogen and oxygen atoms in total. The van der Waals surface area contributed by atoms with Crippen molar-refractivity contribution in [3.05, 3.63) is 59.7 Å². The van der Waals surface area contributed by atoms with Crippen molar-refractivity contribution in [3.8, 4) is 11.5 Å². The molecule has 0 aliphatic heterocycles. The first-order chi connectivity index (χ1) is 11.1. The van der Waals surface area contributed by atoms with Crippen LogP contribution >= 0.6 is 0 Å². The maximum absolute atomic E-state index is 10.6. The molecule has 0 aliphatic rings. The number of hydrogen-bond donors (Lipinski definition) is 3. The minimum absolute atomic E-state index is 0.465. The average Bonchev–Trinajstić information content (AvgIpc) is 2.55. The molecule has 5 heteroatoms. The van der Waals surface area contributed by atoms with E-state index in [4.69, 9.17) is 10.5 Å². The van der Waals surface area contributed by atoms with Crippen molar-refractivity contribution in [2.24, 2.45) is 5.73 Å². The molecule has 2 rings (SSSR count). The molecule has 1 unspecified atom stereocenters. The molecule has 0 aromatic heterocycles. The van der Waals surface area contributed by atoms with Crippen LogP contribution in [0.15, 0.2) is 48.5 Å². The number of hydrogen-bond acceptors (Lipinski definition) is 3. The fourth-order valence-corrected chi connectivity index (χ4v) is 2.19. The van der Waals surface area contributed by atoms with Crippen LogP contribution in [0.25, 0.3) is 0 Å². The number of amides is 2. The van der Waals surface area contributed by atoms with Gasteiger partial charge in [-0.3, -0.25) is 5.43 Å². The van der Waals surface area contributed by atoms with Gasteiger partial charge in [0.2, 0.25) is 0 Å². The molecule has 122 valence electrons. The third-order valence-corrected chi connectivity index (χ3v) is 3.70. The SMILES string of the molecule is CCC(C)c1ccc(Oc2cccc(CNNC(N)=O)c2)cc1. The largest absolute Gasteiger partial charge is 0.457 e. The van der Waals surface area contributed by atoms with Crippen LogP contribution in [0.3, 0.4) is 0 Å². The van der Waals surface area contributed by atoms with Gasteiger partial charge in [0.25, 0.3) is 0 Å². The van der Waals surface area contributed by atoms with E-state index in [9.17, 15) is 4.79 Å². The number of primary amides is 1. The van der Waals surface area contributed by atoms with Crippen molar-refractivity contribution in [1.82, 2.24) is 10.9 Å². The molecule has 0 heterocycles. The van der Waals surface area contributed by atoms with Gasteiger partial charge in [0, 0.05) is 6.54 Å². The van der Waals surface area contributed by atoms with E-state index in [0.717, 1.165) is 23.5 Å². The van der Waals surface area contributed by atoms with Gasteiger partial charge in [0.1, 0.15) is 11.5 Å². The summed E-state index contributed by atoms with van der Waals surface area (Å²) in [4.78, 5) is 10.6. The third-order valence-electron chi connectivity index (χ3n) is 3.70. The second-order valence-electron chi connectivity index (χ2n) is 5.47. The molecular weight excluding hydrogens is 290 g/mol. The molecule has 0 saturated heterocycles. The summed E-state index contributed by atoms with van der Waals surface area (Å²) in [6.45, 7) is 4.86. The van der Waals surface area contributed by atoms with Crippen molar-refractivity contribution in [2.75, 3.05) is 0 Å². The predicted molar refractivity (Wildman–Crippen MR) is 91.2 cm³/mol. The first kappa shape index (κ1) is 16.8. The second-order valence-corrected chi connectivity index (χ2v) is 5.47. The minimum atomic E-state index is -0.612. The lowest BCUT2D eigenvalue weighted by molar-refractivity contribution is 0.244. The molecule has 1 atom stereocenters. The Balaban J connectivity index is 1.98. The van der Waals surface area contributed by atoms with E-state index in [-0.39, 0.29) is 0 Å². The molecular formula is C18H23N3O2. The Hall–Kier alpha value is -2.53. The summed E-state index contributed by atoms with van der Waals surface area (Å²) in [5, 5.41) is 0. The van der Waals surface area contributed by atoms with E-state index < -0.39 is 6.03 Å². The smallest absolute Gasteiger partial charge is 0.326 e. The number of urea groups is 1. The summed E-state index contributed by atoms with van der Waals surface area (Å²) >= 11 is 0. The molecule has 0 aliphatic carbocycles. The van der Waals surface area contributed by atoms with Crippen LogP contribution in [0.5, 0.6) is 11.5 Å². The van der Waals surface area contributed by atoms with Gasteiger partial charge in [0.15, 0.2) is 0 Å². The average molecular weight is 313 g/mol. The maximum Gasteiger partial charge on any atom is 0.326 e. The Morgan fingerprint density at radius 3 is 2.57 bits per heavy atom. The Kier molecular flexibility index (Phi) is 6.00. The van der Waals surface area contributed by atoms with Crippen LogP contribution in [0.2, 0.25) is 0 Å². The molecule has 0 radical (unpaired) electrons. The summed E-state index contributed by atoms with van der Waals surface area (Å²) in [5.41, 5.74) is 12.4. The Morgan fingerprint density at radius 1 is 1.17 bits per heavy atom. The van der Waals surface area contributed by atoms with Crippen LogP contribution in [0.4, 0.5) is 4.79 Å². The van der Waals surface area contributed by atoms with Gasteiger partial charge in [-0.2, -0.15) is 0 Å². The molecule has 0 fully saturated rings. The van der Waals surface area contributed by atoms with Crippen molar-refractivity contribution in [2.45, 2.75) is 32.7 Å². The Bertz CT molecular complexity index is 641. The molecule has 2 aromatic rings. The molecule has 0 saturated carbocycles. The van der Waals surface area contributed by atoms with Crippen LogP contribution in [0, 0.1) is 0 Å². The third kappa shape index (κ3) is 5.30. The summed E-state index contributed by atoms with van der Waals surface area (Å²) < 4.78 is 5.88. The van der Waals surface area contributed by atoms with Crippen LogP contribution < -0.4 is 21.3 Å². The monoisotopic (exact) mass is 313 g/mol. The van der Waals surface area contributed by atoms with Crippen molar-refractivity contribution >= 4 is 6.03 Å². The van der Waals surface area contributed by atoms with E-state index in [1.807, 2.05) is 36.4 Å². The number of rotatable bonds is 7. The number of benzene rings is 2. The lowest BCUT2D eigenvalue weighted by Crippen LogP contribution is -2.40. The maximum atomic E-state index is 10.6. The number of nitrogens with two attached hydrogens (primary N) is 1. The van der Waals surface area contributed by atoms with Gasteiger partial charge in [-0.05, 0) is 47.7 Å². The van der Waals surface area contributed by atoms with Crippen LogP contribution in [-0.2, 0) is 6.54 Å². The lowest BCUT2D eigenvalue weighted by atomic mass is 9.99. The highest BCUT2D eigenvalue weighted by atomic mass is 16.5. The molecule has 4 N–H and O–H groups in total. The van der Waals surface area contributed by atoms with Crippen LogP contribution in [0.1, 0.15) is 37.3 Å². The zero-order chi connectivity index (χ0) is 16.7. The zero-order valence-corrected chi connectivity index (χ0v) is 13.5. The summed E-state index contributed by atoms with van der Waals surface area (Å²) in [6.07, 6.45) is 1.12. The fraction of sp³-hybridized carbons (Fsp3) is 0.278. The Labute approximate surface area is 136 Å². The van der Waals surface area contributed by atoms with E-state index in [2.05, 4.69) is 36.8 Å². The Morgan fingerprint density at radius 2 is 1.91 bits per heavy atom. The highest BCUT2D eigenvalue weighted by Gasteiger charge is 2.04. The molecule has 0 bridgehead atoms. The molecule has 23 heavy (non-hydrogen) atoms. The standard InChI is InChI=1S/C18H23N3O2/c1-3-13(2)15-7-9-16(10-8-15)23-17-6-4-5-14(11-17)12-20-21-18(19)22/h4-11,13,20H,3,12H2,1-2H3,(H3,19,21,22). The van der Waals surface area contributed by atoms with Crippen molar-refractivity contribution < 1.29 is 9.53 Å². The highest BCUT2D eigenvalue weighted by Crippen LogP contribution is 2.25. The number of nitrogens with one attached hydrogen (secondary N) is 2. The van der Waals surface area contributed by atoms with E-state index in [0.29, 0.717) is 12.5 Å². The summed E-state index contributed by atoms with van der Waals surface area (Å²) in [7, 11) is 0. The first-order valence-corrected chi connectivity index (χ1v) is 7.73. The van der Waals surface area contributed by atoms with Gasteiger partial charge in [0.05, 0.1) is 0 Å². The molecule has 2 aromatic carbocycles. The second kappa shape index (κ2) is 8.19. The lowest BCUT2D eigenvalue weighted by Gasteiger charge is -2.11. The van der Waals surface area contributed by atoms with Gasteiger partial charge in [-0.15, -0.1) is 0 Å². The number of hydrazine groups is 1. The minimum Gasteiger partial charge on any atom is -0.457 e. The summed E-state index contributed by atoms with van der Waals surface area (Å²) in [6, 6.07) is 15.2. The van der Waals surface area contributed by atoms with Gasteiger partial charge >= 0.3 is 6.03 Å². The highest BCUT2D eigenvalue weighted by molar-refractivity contribution is 5.70.